The van der Waals surface area contributed by atoms with E-state index in [1.807, 2.05) is 0 Å². The normalized spacial score (nSPS) is 11.9. The van der Waals surface area contributed by atoms with Gasteiger partial charge in [-0.1, -0.05) is 110 Å². The Balaban J connectivity index is 1.26. The summed E-state index contributed by atoms with van der Waals surface area (Å²) in [5, 5.41) is 9.87. The molecular weight excluding hydrogens is 581 g/mol. The first-order valence-electron chi connectivity index (χ1n) is 16.9. The van der Waals surface area contributed by atoms with Crippen LogP contribution in [0.5, 0.6) is 0 Å². The van der Waals surface area contributed by atoms with Crippen LogP contribution in [-0.4, -0.2) is 9.13 Å². The summed E-state index contributed by atoms with van der Waals surface area (Å²) in [6, 6.07) is 48.7. The Kier molecular flexibility index (Phi) is 6.42. The highest BCUT2D eigenvalue weighted by atomic mass is 15.0. The molecular formula is C46H36N2. The van der Waals surface area contributed by atoms with Crippen LogP contribution in [0.25, 0.3) is 76.3 Å². The van der Waals surface area contributed by atoms with Crippen molar-refractivity contribution in [2.24, 2.45) is 0 Å². The molecule has 0 spiro atoms. The number of rotatable bonds is 6. The number of nitrogens with zero attached hydrogens (tertiary/aromatic N) is 2. The molecule has 0 saturated carbocycles. The van der Waals surface area contributed by atoms with Gasteiger partial charge in [0.1, 0.15) is 0 Å². The molecule has 0 aliphatic heterocycles. The minimum atomic E-state index is 0.929. The van der Waals surface area contributed by atoms with Crippen LogP contribution in [0.1, 0.15) is 36.1 Å². The molecule has 0 aliphatic carbocycles. The topological polar surface area (TPSA) is 9.86 Å². The third-order valence-corrected chi connectivity index (χ3v) is 10.4. The van der Waals surface area contributed by atoms with Crippen molar-refractivity contribution in [3.05, 3.63) is 169 Å². The third kappa shape index (κ3) is 3.99. The zero-order valence-electron chi connectivity index (χ0n) is 27.4. The second kappa shape index (κ2) is 10.9. The zero-order chi connectivity index (χ0) is 32.5. The molecule has 0 atom stereocenters. The summed E-state index contributed by atoms with van der Waals surface area (Å²) in [5.41, 5.74) is 11.8. The van der Waals surface area contributed by atoms with E-state index in [-0.39, 0.29) is 0 Å². The molecule has 9 rings (SSSR count). The van der Waals surface area contributed by atoms with Crippen LogP contribution in [0, 0.1) is 0 Å². The van der Waals surface area contributed by atoms with E-state index in [2.05, 4.69) is 156 Å². The molecule has 0 amide bonds. The lowest BCUT2D eigenvalue weighted by molar-refractivity contribution is 0.827. The fourth-order valence-electron chi connectivity index (χ4n) is 8.23. The van der Waals surface area contributed by atoms with E-state index in [0.29, 0.717) is 0 Å². The number of hydrogen-bond acceptors (Lipinski definition) is 0. The van der Waals surface area contributed by atoms with Crippen molar-refractivity contribution < 1.29 is 0 Å². The Hall–Kier alpha value is -5.86. The minimum absolute atomic E-state index is 0.929. The molecule has 0 aliphatic rings. The van der Waals surface area contributed by atoms with Crippen LogP contribution in [0.3, 0.4) is 0 Å². The lowest BCUT2D eigenvalue weighted by atomic mass is 9.83. The number of fused-ring (bicyclic) bond motifs is 8. The van der Waals surface area contributed by atoms with Crippen LogP contribution in [0.15, 0.2) is 147 Å². The first-order valence-corrected chi connectivity index (χ1v) is 16.9. The summed E-state index contributed by atoms with van der Waals surface area (Å²) in [5.74, 6) is 0. The highest BCUT2D eigenvalue weighted by Gasteiger charge is 2.20. The number of aromatic nitrogens is 2. The molecule has 0 bridgehead atoms. The van der Waals surface area contributed by atoms with Crippen molar-refractivity contribution >= 4 is 76.3 Å². The highest BCUT2D eigenvalue weighted by molar-refractivity contribution is 6.19. The molecule has 48 heavy (non-hydrogen) atoms. The molecule has 0 saturated heterocycles. The Bertz CT molecular complexity index is 2540. The van der Waals surface area contributed by atoms with Crippen LogP contribution in [-0.2, 0) is 13.1 Å². The van der Waals surface area contributed by atoms with Crippen molar-refractivity contribution in [3.8, 4) is 0 Å². The molecule has 0 radical (unpaired) electrons. The molecule has 0 N–H and O–H groups in total. The maximum Gasteiger partial charge on any atom is 0.0491 e. The summed E-state index contributed by atoms with van der Waals surface area (Å²) < 4.78 is 4.81. The maximum atomic E-state index is 4.78. The number of benzene rings is 7. The van der Waals surface area contributed by atoms with Gasteiger partial charge in [0.2, 0.25) is 0 Å². The van der Waals surface area contributed by atoms with Crippen molar-refractivity contribution in [2.75, 3.05) is 0 Å². The molecule has 0 fully saturated rings. The van der Waals surface area contributed by atoms with Crippen LogP contribution < -0.4 is 0 Å². The van der Waals surface area contributed by atoms with E-state index in [1.165, 1.54) is 76.3 Å². The predicted octanol–water partition coefficient (Wildman–Crippen LogP) is 12.4. The van der Waals surface area contributed by atoms with Gasteiger partial charge in [0, 0.05) is 56.7 Å². The standard InChI is InChI=1S/C46H36N2/c1-5-47-41-21-13-11-15-33(41)39-27-31(23-25-43(39)47)29(3)45-35-17-7-9-19-37(35)46(38-20-10-8-18-36(38)45)30(4)32-24-26-44-40(28-32)34-16-12-14-22-42(34)48(44)6-2/h7-28H,3-6H2,1-2H3. The van der Waals surface area contributed by atoms with Gasteiger partial charge >= 0.3 is 0 Å². The molecule has 2 heteroatoms. The molecule has 2 heterocycles. The Morgan fingerprint density at radius 1 is 0.396 bits per heavy atom. The second-order valence-corrected chi connectivity index (χ2v) is 12.8. The quantitative estimate of drug-likeness (QED) is 0.165. The first kappa shape index (κ1) is 28.4. The lowest BCUT2D eigenvalue weighted by Crippen LogP contribution is -1.98. The van der Waals surface area contributed by atoms with E-state index in [9.17, 15) is 0 Å². The van der Waals surface area contributed by atoms with Crippen molar-refractivity contribution in [1.29, 1.82) is 0 Å². The SMILES string of the molecule is C=C(c1ccc2c(c1)c1ccccc1n2CC)c1c2ccccc2c(C(=C)c2ccc3c(c2)c2ccccc2n3CC)c2ccccc12. The average Bonchev–Trinajstić information content (AvgIpc) is 3.64. The molecule has 230 valence electrons. The number of para-hydroxylation sites is 2. The van der Waals surface area contributed by atoms with Gasteiger partial charge < -0.3 is 9.13 Å². The monoisotopic (exact) mass is 616 g/mol. The first-order chi connectivity index (χ1) is 23.6. The lowest BCUT2D eigenvalue weighted by Gasteiger charge is -2.20. The van der Waals surface area contributed by atoms with E-state index in [4.69, 9.17) is 13.2 Å². The highest BCUT2D eigenvalue weighted by Crippen LogP contribution is 2.43. The van der Waals surface area contributed by atoms with Crippen molar-refractivity contribution in [2.45, 2.75) is 26.9 Å². The third-order valence-electron chi connectivity index (χ3n) is 10.4. The predicted molar refractivity (Wildman–Crippen MR) is 208 cm³/mol. The van der Waals surface area contributed by atoms with Crippen LogP contribution in [0.2, 0.25) is 0 Å². The fourth-order valence-corrected chi connectivity index (χ4v) is 8.23. The fraction of sp³-hybridized carbons (Fsp3) is 0.0870. The van der Waals surface area contributed by atoms with Gasteiger partial charge in [-0.2, -0.15) is 0 Å². The van der Waals surface area contributed by atoms with Gasteiger partial charge in [0.05, 0.1) is 0 Å². The zero-order valence-corrected chi connectivity index (χ0v) is 27.4. The number of hydrogen-bond donors (Lipinski definition) is 0. The van der Waals surface area contributed by atoms with Gasteiger partial charge in [0.15, 0.2) is 0 Å². The van der Waals surface area contributed by atoms with E-state index < -0.39 is 0 Å². The number of aryl methyl sites for hydroxylation is 2. The summed E-state index contributed by atoms with van der Waals surface area (Å²) in [6.07, 6.45) is 0. The van der Waals surface area contributed by atoms with E-state index >= 15 is 0 Å². The molecule has 2 nitrogen and oxygen atoms in total. The van der Waals surface area contributed by atoms with Crippen molar-refractivity contribution in [1.82, 2.24) is 9.13 Å². The molecule has 9 aromatic rings. The summed E-state index contributed by atoms with van der Waals surface area (Å²) in [4.78, 5) is 0. The average molecular weight is 617 g/mol. The Morgan fingerprint density at radius 3 is 1.06 bits per heavy atom. The van der Waals surface area contributed by atoms with Gasteiger partial charge in [-0.3, -0.25) is 0 Å². The van der Waals surface area contributed by atoms with Gasteiger partial charge in [0.25, 0.3) is 0 Å². The maximum absolute atomic E-state index is 4.78. The van der Waals surface area contributed by atoms with E-state index in [1.54, 1.807) is 0 Å². The molecule has 2 aromatic heterocycles. The largest absolute Gasteiger partial charge is 0.341 e. The van der Waals surface area contributed by atoms with Gasteiger partial charge in [-0.05, 0) is 105 Å². The Labute approximate surface area is 280 Å². The van der Waals surface area contributed by atoms with Crippen LogP contribution in [0.4, 0.5) is 0 Å². The summed E-state index contributed by atoms with van der Waals surface area (Å²) in [7, 11) is 0. The van der Waals surface area contributed by atoms with Gasteiger partial charge in [-0.25, -0.2) is 0 Å². The Morgan fingerprint density at radius 2 is 0.708 bits per heavy atom. The summed E-state index contributed by atoms with van der Waals surface area (Å²) in [6.45, 7) is 15.9. The van der Waals surface area contributed by atoms with Crippen LogP contribution >= 0.6 is 0 Å². The smallest absolute Gasteiger partial charge is 0.0491 e. The van der Waals surface area contributed by atoms with E-state index in [0.717, 1.165) is 35.4 Å². The summed E-state index contributed by atoms with van der Waals surface area (Å²) >= 11 is 0. The van der Waals surface area contributed by atoms with Gasteiger partial charge in [-0.15, -0.1) is 0 Å². The molecule has 7 aromatic carbocycles. The molecule has 0 unspecified atom stereocenters. The second-order valence-electron chi connectivity index (χ2n) is 12.8. The van der Waals surface area contributed by atoms with Crippen molar-refractivity contribution in [3.63, 3.8) is 0 Å². The minimum Gasteiger partial charge on any atom is -0.341 e.